The number of rotatable bonds is 3. The van der Waals surface area contributed by atoms with Crippen LogP contribution in [0.25, 0.3) is 0 Å². The van der Waals surface area contributed by atoms with E-state index in [9.17, 15) is 9.59 Å². The molecule has 3 nitrogen and oxygen atoms in total. The van der Waals surface area contributed by atoms with Crippen LogP contribution in [0, 0.1) is 0 Å². The van der Waals surface area contributed by atoms with Crippen molar-refractivity contribution in [2.45, 2.75) is 12.2 Å². The van der Waals surface area contributed by atoms with Crippen LogP contribution in [0.5, 0.6) is 0 Å². The third-order valence-corrected chi connectivity index (χ3v) is 2.82. The molecular weight excluding hydrogens is 212 g/mol. The van der Waals surface area contributed by atoms with Crippen LogP contribution >= 0.6 is 11.8 Å². The summed E-state index contributed by atoms with van der Waals surface area (Å²) in [7, 11) is 1.31. The molecule has 0 aliphatic heterocycles. The molecule has 1 atom stereocenters. The van der Waals surface area contributed by atoms with Gasteiger partial charge in [-0.3, -0.25) is 9.59 Å². The normalized spacial score (nSPS) is 11.9. The molecule has 1 unspecified atom stereocenters. The molecule has 0 aromatic heterocycles. The smallest absolute Gasteiger partial charge is 0.318 e. The Morgan fingerprint density at radius 3 is 2.40 bits per heavy atom. The van der Waals surface area contributed by atoms with Gasteiger partial charge < -0.3 is 4.74 Å². The molecule has 1 aromatic carbocycles. The summed E-state index contributed by atoms with van der Waals surface area (Å²) in [6, 6.07) is 8.86. The molecule has 0 spiro atoms. The van der Waals surface area contributed by atoms with Crippen molar-refractivity contribution in [3.8, 4) is 0 Å². The van der Waals surface area contributed by atoms with E-state index in [0.717, 1.165) is 11.8 Å². The quantitative estimate of drug-likeness (QED) is 0.738. The monoisotopic (exact) mass is 224 g/mol. The highest BCUT2D eigenvalue weighted by Crippen LogP contribution is 2.18. The summed E-state index contributed by atoms with van der Waals surface area (Å²) in [4.78, 5) is 22.7. The molecule has 0 radical (unpaired) electrons. The van der Waals surface area contributed by atoms with Gasteiger partial charge in [-0.2, -0.15) is 0 Å². The molecule has 0 aliphatic carbocycles. The topological polar surface area (TPSA) is 43.4 Å². The average molecular weight is 224 g/mol. The van der Waals surface area contributed by atoms with Crippen molar-refractivity contribution >= 4 is 22.8 Å². The number of thioether (sulfide) groups is 1. The fourth-order valence-electron chi connectivity index (χ4n) is 1.02. The van der Waals surface area contributed by atoms with Crippen molar-refractivity contribution in [1.29, 1.82) is 0 Å². The zero-order valence-corrected chi connectivity index (χ0v) is 9.41. The zero-order chi connectivity index (χ0) is 11.3. The van der Waals surface area contributed by atoms with Gasteiger partial charge in [0.15, 0.2) is 0 Å². The molecule has 0 fully saturated rings. The lowest BCUT2D eigenvalue weighted by atomic mass is 10.2. The third kappa shape index (κ3) is 3.40. The molecule has 15 heavy (non-hydrogen) atoms. The predicted octanol–water partition coefficient (Wildman–Crippen LogP) is 2.12. The third-order valence-electron chi connectivity index (χ3n) is 1.83. The summed E-state index contributed by atoms with van der Waals surface area (Å²) in [6.07, 6.45) is 0. The first kappa shape index (κ1) is 11.8. The standard InChI is InChI=1S/C11H12O3S/c1-8(10(12)14-2)15-11(13)9-6-4-3-5-7-9/h3-8H,1-2H3. The van der Waals surface area contributed by atoms with Crippen LogP contribution in [-0.2, 0) is 9.53 Å². The lowest BCUT2D eigenvalue weighted by molar-refractivity contribution is -0.139. The Labute approximate surface area is 92.8 Å². The molecule has 1 aromatic rings. The molecule has 0 aliphatic rings. The minimum absolute atomic E-state index is 0.117. The minimum Gasteiger partial charge on any atom is -0.468 e. The molecule has 4 heteroatoms. The zero-order valence-electron chi connectivity index (χ0n) is 8.60. The fraction of sp³-hybridized carbons (Fsp3) is 0.273. The minimum atomic E-state index is -0.470. The number of hydrogen-bond acceptors (Lipinski definition) is 4. The highest BCUT2D eigenvalue weighted by Gasteiger charge is 2.18. The molecule has 1 rings (SSSR count). The summed E-state index contributed by atoms with van der Waals surface area (Å²) in [5.74, 6) is -0.385. The first-order valence-electron chi connectivity index (χ1n) is 4.49. The van der Waals surface area contributed by atoms with Gasteiger partial charge in [0.2, 0.25) is 5.12 Å². The van der Waals surface area contributed by atoms with Crippen molar-refractivity contribution in [3.63, 3.8) is 0 Å². The van der Waals surface area contributed by atoms with Crippen molar-refractivity contribution in [1.82, 2.24) is 0 Å². The van der Waals surface area contributed by atoms with E-state index < -0.39 is 5.25 Å². The Morgan fingerprint density at radius 2 is 1.87 bits per heavy atom. The number of benzene rings is 1. The van der Waals surface area contributed by atoms with Crippen LogP contribution in [0.4, 0.5) is 0 Å². The summed E-state index contributed by atoms with van der Waals surface area (Å²) in [5.41, 5.74) is 0.596. The van der Waals surface area contributed by atoms with Gasteiger partial charge in [0.25, 0.3) is 0 Å². The van der Waals surface area contributed by atoms with Gasteiger partial charge in [-0.25, -0.2) is 0 Å². The van der Waals surface area contributed by atoms with Gasteiger partial charge in [0.05, 0.1) is 7.11 Å². The number of ether oxygens (including phenoxy) is 1. The first-order valence-corrected chi connectivity index (χ1v) is 5.37. The van der Waals surface area contributed by atoms with Crippen LogP contribution in [0.15, 0.2) is 30.3 Å². The van der Waals surface area contributed by atoms with E-state index in [1.807, 2.05) is 6.07 Å². The lowest BCUT2D eigenvalue weighted by Gasteiger charge is -2.07. The Kier molecular flexibility index (Phi) is 4.37. The summed E-state index contributed by atoms with van der Waals surface area (Å²) < 4.78 is 4.54. The Hall–Kier alpha value is -1.29. The largest absolute Gasteiger partial charge is 0.468 e. The lowest BCUT2D eigenvalue weighted by Crippen LogP contribution is -2.16. The highest BCUT2D eigenvalue weighted by molar-refractivity contribution is 8.15. The second-order valence-corrected chi connectivity index (χ2v) is 4.25. The van der Waals surface area contributed by atoms with Gasteiger partial charge in [0.1, 0.15) is 5.25 Å². The summed E-state index contributed by atoms with van der Waals surface area (Å²) >= 11 is 0.972. The van der Waals surface area contributed by atoms with Crippen molar-refractivity contribution in [2.75, 3.05) is 7.11 Å². The number of carbonyl (C=O) groups is 2. The predicted molar refractivity (Wildman–Crippen MR) is 59.8 cm³/mol. The van der Waals surface area contributed by atoms with Gasteiger partial charge in [-0.05, 0) is 6.92 Å². The van der Waals surface area contributed by atoms with E-state index in [1.165, 1.54) is 7.11 Å². The molecule has 0 bridgehead atoms. The number of methoxy groups -OCH3 is 1. The molecule has 0 N–H and O–H groups in total. The first-order chi connectivity index (χ1) is 7.15. The Bertz CT molecular complexity index is 348. The van der Waals surface area contributed by atoms with Crippen molar-refractivity contribution < 1.29 is 14.3 Å². The maximum Gasteiger partial charge on any atom is 0.318 e. The van der Waals surface area contributed by atoms with Gasteiger partial charge >= 0.3 is 5.97 Å². The second-order valence-electron chi connectivity index (χ2n) is 2.94. The summed E-state index contributed by atoms with van der Waals surface area (Å²) in [6.45, 7) is 1.65. The molecule has 80 valence electrons. The van der Waals surface area contributed by atoms with Crippen LogP contribution in [0.2, 0.25) is 0 Å². The van der Waals surface area contributed by atoms with E-state index in [2.05, 4.69) is 4.74 Å². The van der Waals surface area contributed by atoms with E-state index in [1.54, 1.807) is 31.2 Å². The van der Waals surface area contributed by atoms with Crippen LogP contribution < -0.4 is 0 Å². The van der Waals surface area contributed by atoms with E-state index in [-0.39, 0.29) is 11.1 Å². The van der Waals surface area contributed by atoms with E-state index in [0.29, 0.717) is 5.56 Å². The number of carbonyl (C=O) groups excluding carboxylic acids is 2. The fourth-order valence-corrected chi connectivity index (χ4v) is 1.80. The summed E-state index contributed by atoms with van der Waals surface area (Å²) in [5, 5.41) is -0.587. The Balaban J connectivity index is 2.61. The number of esters is 1. The van der Waals surface area contributed by atoms with Gasteiger partial charge in [0, 0.05) is 5.56 Å². The Morgan fingerprint density at radius 1 is 1.27 bits per heavy atom. The second kappa shape index (κ2) is 5.56. The highest BCUT2D eigenvalue weighted by atomic mass is 32.2. The van der Waals surface area contributed by atoms with E-state index in [4.69, 9.17) is 0 Å². The van der Waals surface area contributed by atoms with Gasteiger partial charge in [-0.15, -0.1) is 0 Å². The van der Waals surface area contributed by atoms with Crippen LogP contribution in [-0.4, -0.2) is 23.4 Å². The molecule has 0 amide bonds. The number of hydrogen-bond donors (Lipinski definition) is 0. The van der Waals surface area contributed by atoms with Crippen LogP contribution in [0.3, 0.4) is 0 Å². The maximum atomic E-state index is 11.6. The molecular formula is C11H12O3S. The molecule has 0 saturated carbocycles. The van der Waals surface area contributed by atoms with Crippen LogP contribution in [0.1, 0.15) is 17.3 Å². The maximum absolute atomic E-state index is 11.6. The average Bonchev–Trinajstić information content (AvgIpc) is 2.29. The van der Waals surface area contributed by atoms with E-state index >= 15 is 0 Å². The van der Waals surface area contributed by atoms with Gasteiger partial charge in [-0.1, -0.05) is 42.1 Å². The van der Waals surface area contributed by atoms with Crippen molar-refractivity contribution in [2.24, 2.45) is 0 Å². The van der Waals surface area contributed by atoms with Crippen molar-refractivity contribution in [3.05, 3.63) is 35.9 Å². The molecule has 0 heterocycles. The molecule has 0 saturated heterocycles. The SMILES string of the molecule is COC(=O)C(C)SC(=O)c1ccccc1.